The monoisotopic (exact) mass is 238 g/mol. The van der Waals surface area contributed by atoms with E-state index < -0.39 is 5.54 Å². The van der Waals surface area contributed by atoms with Crippen LogP contribution in [-0.2, 0) is 4.79 Å². The van der Waals surface area contributed by atoms with Gasteiger partial charge in [-0.1, -0.05) is 11.6 Å². The van der Waals surface area contributed by atoms with E-state index in [9.17, 15) is 4.79 Å². The zero-order valence-electron chi connectivity index (χ0n) is 9.22. The van der Waals surface area contributed by atoms with E-state index in [-0.39, 0.29) is 5.91 Å². The van der Waals surface area contributed by atoms with Crippen molar-refractivity contribution >= 4 is 23.2 Å². The number of amides is 1. The number of halogens is 1. The molecule has 16 heavy (non-hydrogen) atoms. The molecule has 0 aliphatic heterocycles. The van der Waals surface area contributed by atoms with Crippen LogP contribution in [0.15, 0.2) is 18.2 Å². The van der Waals surface area contributed by atoms with Crippen molar-refractivity contribution in [1.29, 1.82) is 0 Å². The summed E-state index contributed by atoms with van der Waals surface area (Å²) in [6.07, 6.45) is 2.57. The molecule has 1 aromatic rings. The van der Waals surface area contributed by atoms with Gasteiger partial charge in [0.25, 0.3) is 0 Å². The van der Waals surface area contributed by atoms with Gasteiger partial charge in [-0.15, -0.1) is 0 Å². The van der Waals surface area contributed by atoms with Gasteiger partial charge in [0.1, 0.15) is 0 Å². The highest BCUT2D eigenvalue weighted by molar-refractivity contribution is 6.30. The maximum atomic E-state index is 11.9. The molecule has 0 atom stereocenters. The van der Waals surface area contributed by atoms with Crippen LogP contribution in [0.5, 0.6) is 0 Å². The molecule has 1 fully saturated rings. The van der Waals surface area contributed by atoms with Crippen LogP contribution >= 0.6 is 11.6 Å². The second-order valence-corrected chi connectivity index (χ2v) is 4.86. The minimum atomic E-state index is -0.661. The lowest BCUT2D eigenvalue weighted by Crippen LogP contribution is -2.56. The van der Waals surface area contributed by atoms with Gasteiger partial charge in [0.2, 0.25) is 5.91 Å². The summed E-state index contributed by atoms with van der Waals surface area (Å²) in [6, 6.07) is 5.38. The van der Waals surface area contributed by atoms with Crippen molar-refractivity contribution in [3.05, 3.63) is 28.8 Å². The van der Waals surface area contributed by atoms with E-state index in [1.165, 1.54) is 0 Å². The summed E-state index contributed by atoms with van der Waals surface area (Å²) < 4.78 is 0. The highest BCUT2D eigenvalue weighted by atomic mass is 35.5. The normalized spacial score (nSPS) is 17.7. The Morgan fingerprint density at radius 2 is 2.19 bits per heavy atom. The minimum Gasteiger partial charge on any atom is -0.324 e. The lowest BCUT2D eigenvalue weighted by molar-refractivity contribution is -0.123. The lowest BCUT2D eigenvalue weighted by Gasteiger charge is -2.36. The van der Waals surface area contributed by atoms with Crippen molar-refractivity contribution in [2.24, 2.45) is 5.73 Å². The minimum absolute atomic E-state index is 0.0934. The second-order valence-electron chi connectivity index (χ2n) is 4.42. The maximum absolute atomic E-state index is 11.9. The number of nitrogens with two attached hydrogens (primary N) is 1. The molecule has 4 heteroatoms. The van der Waals surface area contributed by atoms with Crippen molar-refractivity contribution < 1.29 is 4.79 Å². The Labute approximate surface area is 100.0 Å². The van der Waals surface area contributed by atoms with Gasteiger partial charge in [-0.3, -0.25) is 4.79 Å². The van der Waals surface area contributed by atoms with Crippen molar-refractivity contribution in [2.75, 3.05) is 5.32 Å². The molecule has 0 heterocycles. The van der Waals surface area contributed by atoms with Gasteiger partial charge in [0.05, 0.1) is 5.54 Å². The molecule has 1 saturated carbocycles. The molecule has 0 unspecified atom stereocenters. The summed E-state index contributed by atoms with van der Waals surface area (Å²) in [5.41, 5.74) is 7.01. The molecule has 3 N–H and O–H groups in total. The Bertz CT molecular complexity index is 427. The lowest BCUT2D eigenvalue weighted by atomic mass is 9.77. The fourth-order valence-corrected chi connectivity index (χ4v) is 2.03. The third kappa shape index (κ3) is 2.06. The first-order valence-corrected chi connectivity index (χ1v) is 5.75. The van der Waals surface area contributed by atoms with E-state index >= 15 is 0 Å². The number of anilines is 1. The van der Waals surface area contributed by atoms with Crippen LogP contribution in [0.2, 0.25) is 5.02 Å². The summed E-state index contributed by atoms with van der Waals surface area (Å²) >= 11 is 5.84. The molecule has 0 radical (unpaired) electrons. The van der Waals surface area contributed by atoms with E-state index in [4.69, 9.17) is 17.3 Å². The van der Waals surface area contributed by atoms with E-state index in [0.717, 1.165) is 30.5 Å². The molecule has 0 spiro atoms. The Kier molecular flexibility index (Phi) is 2.91. The van der Waals surface area contributed by atoms with Crippen LogP contribution in [0.3, 0.4) is 0 Å². The predicted molar refractivity (Wildman–Crippen MR) is 65.6 cm³/mol. The Hall–Kier alpha value is -1.06. The van der Waals surface area contributed by atoms with Crippen molar-refractivity contribution in [1.82, 2.24) is 0 Å². The van der Waals surface area contributed by atoms with E-state index in [0.29, 0.717) is 5.02 Å². The number of rotatable bonds is 2. The Balaban J connectivity index is 2.12. The Morgan fingerprint density at radius 3 is 2.69 bits per heavy atom. The SMILES string of the molecule is Cc1cc(Cl)ccc1NC(=O)C1(N)CCC1. The number of hydrogen-bond donors (Lipinski definition) is 2. The van der Waals surface area contributed by atoms with Gasteiger partial charge in [-0.2, -0.15) is 0 Å². The second kappa shape index (κ2) is 4.07. The van der Waals surface area contributed by atoms with Crippen LogP contribution in [0.25, 0.3) is 0 Å². The van der Waals surface area contributed by atoms with E-state index in [1.807, 2.05) is 13.0 Å². The first kappa shape index (κ1) is 11.4. The predicted octanol–water partition coefficient (Wildman–Crippen LogP) is 2.47. The molecule has 0 aromatic heterocycles. The van der Waals surface area contributed by atoms with Crippen LogP contribution < -0.4 is 11.1 Å². The van der Waals surface area contributed by atoms with Gasteiger partial charge < -0.3 is 11.1 Å². The molecule has 0 saturated heterocycles. The van der Waals surface area contributed by atoms with Crippen molar-refractivity contribution in [2.45, 2.75) is 31.7 Å². The number of carbonyl (C=O) groups is 1. The molecular weight excluding hydrogens is 224 g/mol. The quantitative estimate of drug-likeness (QED) is 0.832. The average Bonchev–Trinajstić information content (AvgIpc) is 2.18. The summed E-state index contributed by atoms with van der Waals surface area (Å²) in [5, 5.41) is 3.53. The molecule has 3 nitrogen and oxygen atoms in total. The molecule has 1 amide bonds. The van der Waals surface area contributed by atoms with Crippen LogP contribution in [0.4, 0.5) is 5.69 Å². The molecule has 1 aliphatic rings. The molecule has 0 bridgehead atoms. The molecule has 86 valence electrons. The standard InChI is InChI=1S/C12H15ClN2O/c1-8-7-9(13)3-4-10(8)15-11(16)12(14)5-2-6-12/h3-4,7H,2,5-6,14H2,1H3,(H,15,16). The molecule has 2 rings (SSSR count). The van der Waals surface area contributed by atoms with Gasteiger partial charge in [-0.05, 0) is 49.9 Å². The summed E-state index contributed by atoms with van der Waals surface area (Å²) in [7, 11) is 0. The summed E-state index contributed by atoms with van der Waals surface area (Å²) in [6.45, 7) is 1.91. The third-order valence-electron chi connectivity index (χ3n) is 3.13. The fourth-order valence-electron chi connectivity index (χ4n) is 1.80. The first-order valence-electron chi connectivity index (χ1n) is 5.38. The smallest absolute Gasteiger partial charge is 0.244 e. The number of benzene rings is 1. The molecule has 1 aromatic carbocycles. The topological polar surface area (TPSA) is 55.1 Å². The summed E-state index contributed by atoms with van der Waals surface area (Å²) in [4.78, 5) is 11.9. The van der Waals surface area contributed by atoms with Gasteiger partial charge in [-0.25, -0.2) is 0 Å². The average molecular weight is 239 g/mol. The van der Waals surface area contributed by atoms with Crippen LogP contribution in [0.1, 0.15) is 24.8 Å². The third-order valence-corrected chi connectivity index (χ3v) is 3.37. The largest absolute Gasteiger partial charge is 0.324 e. The van der Waals surface area contributed by atoms with Gasteiger partial charge in [0, 0.05) is 10.7 Å². The highest BCUT2D eigenvalue weighted by Crippen LogP contribution is 2.31. The van der Waals surface area contributed by atoms with Crippen molar-refractivity contribution in [3.63, 3.8) is 0 Å². The highest BCUT2D eigenvalue weighted by Gasteiger charge is 2.40. The number of hydrogen-bond acceptors (Lipinski definition) is 2. The summed E-state index contributed by atoms with van der Waals surface area (Å²) in [5.74, 6) is -0.0934. The van der Waals surface area contributed by atoms with E-state index in [1.54, 1.807) is 12.1 Å². The van der Waals surface area contributed by atoms with Crippen molar-refractivity contribution in [3.8, 4) is 0 Å². The number of nitrogens with one attached hydrogen (secondary N) is 1. The molecular formula is C12H15ClN2O. The maximum Gasteiger partial charge on any atom is 0.244 e. The molecule has 1 aliphatic carbocycles. The number of aryl methyl sites for hydroxylation is 1. The fraction of sp³-hybridized carbons (Fsp3) is 0.417. The van der Waals surface area contributed by atoms with Gasteiger partial charge in [0.15, 0.2) is 0 Å². The van der Waals surface area contributed by atoms with Crippen LogP contribution in [-0.4, -0.2) is 11.4 Å². The Morgan fingerprint density at radius 1 is 1.50 bits per heavy atom. The zero-order chi connectivity index (χ0) is 11.8. The van der Waals surface area contributed by atoms with Crippen LogP contribution in [0, 0.1) is 6.92 Å². The zero-order valence-corrected chi connectivity index (χ0v) is 9.97. The first-order chi connectivity index (χ1) is 7.51. The number of carbonyl (C=O) groups excluding carboxylic acids is 1. The van der Waals surface area contributed by atoms with Gasteiger partial charge >= 0.3 is 0 Å². The van der Waals surface area contributed by atoms with E-state index in [2.05, 4.69) is 5.32 Å².